The third-order valence-corrected chi connectivity index (χ3v) is 1.40. The quantitative estimate of drug-likeness (QED) is 0.395. The molecule has 0 saturated heterocycles. The first kappa shape index (κ1) is 8.82. The molecule has 1 aromatic heterocycles. The number of nitrogens with zero attached hydrogens (tertiary/aromatic N) is 1. The number of nitrogens with one attached hydrogen (secondary N) is 2. The molecular formula is C6H12N4O2. The molecule has 0 aromatic carbocycles. The maximum atomic E-state index is 10.6. The molecule has 0 radical (unpaired) electrons. The standard InChI is InChI=1S/C6H12N4O2/c1-8-2-3-10(7)6-4-5(11)9-12-6/h4,8H,2-3,7H2,1H3,(H,9,11). The van der Waals surface area contributed by atoms with Gasteiger partial charge in [0.05, 0.1) is 6.07 Å². The van der Waals surface area contributed by atoms with E-state index in [4.69, 9.17) is 10.4 Å². The van der Waals surface area contributed by atoms with Gasteiger partial charge in [-0.25, -0.2) is 5.84 Å². The minimum absolute atomic E-state index is 0.287. The first-order valence-corrected chi connectivity index (χ1v) is 3.59. The Kier molecular flexibility index (Phi) is 2.89. The number of H-pyrrole nitrogens is 1. The summed E-state index contributed by atoms with van der Waals surface area (Å²) in [6.07, 6.45) is 0. The average Bonchev–Trinajstić information content (AvgIpc) is 2.47. The Balaban J connectivity index is 2.53. The maximum absolute atomic E-state index is 10.6. The van der Waals surface area contributed by atoms with Gasteiger partial charge in [-0.1, -0.05) is 0 Å². The van der Waals surface area contributed by atoms with Crippen LogP contribution < -0.4 is 21.7 Å². The molecule has 0 aliphatic carbocycles. The van der Waals surface area contributed by atoms with Crippen LogP contribution in [0.25, 0.3) is 0 Å². The number of anilines is 1. The van der Waals surface area contributed by atoms with Gasteiger partial charge in [-0.15, -0.1) is 0 Å². The maximum Gasteiger partial charge on any atom is 0.282 e. The van der Waals surface area contributed by atoms with Gasteiger partial charge in [0, 0.05) is 13.1 Å². The van der Waals surface area contributed by atoms with E-state index in [1.54, 1.807) is 0 Å². The van der Waals surface area contributed by atoms with Crippen LogP contribution >= 0.6 is 0 Å². The molecule has 0 aliphatic rings. The van der Waals surface area contributed by atoms with E-state index in [0.717, 1.165) is 6.54 Å². The van der Waals surface area contributed by atoms with E-state index in [-0.39, 0.29) is 5.56 Å². The molecule has 0 atom stereocenters. The van der Waals surface area contributed by atoms with Crippen LogP contribution in [-0.2, 0) is 0 Å². The average molecular weight is 172 g/mol. The second-order valence-corrected chi connectivity index (χ2v) is 2.35. The number of aromatic amines is 1. The van der Waals surface area contributed by atoms with Gasteiger partial charge in [0.15, 0.2) is 0 Å². The Bertz CT molecular complexity index is 279. The molecule has 1 rings (SSSR count). The summed E-state index contributed by atoms with van der Waals surface area (Å²) in [4.78, 5) is 10.6. The van der Waals surface area contributed by atoms with Crippen molar-refractivity contribution in [1.29, 1.82) is 0 Å². The summed E-state index contributed by atoms with van der Waals surface area (Å²) >= 11 is 0. The molecule has 0 spiro atoms. The molecule has 12 heavy (non-hydrogen) atoms. The third-order valence-electron chi connectivity index (χ3n) is 1.40. The lowest BCUT2D eigenvalue weighted by Crippen LogP contribution is -2.36. The molecule has 6 heteroatoms. The van der Waals surface area contributed by atoms with Crippen molar-refractivity contribution in [2.75, 3.05) is 25.1 Å². The van der Waals surface area contributed by atoms with Crippen LogP contribution in [0, 0.1) is 0 Å². The van der Waals surface area contributed by atoms with E-state index < -0.39 is 0 Å². The lowest BCUT2D eigenvalue weighted by molar-refractivity contribution is 0.410. The van der Waals surface area contributed by atoms with Crippen molar-refractivity contribution < 1.29 is 4.52 Å². The minimum Gasteiger partial charge on any atom is -0.359 e. The highest BCUT2D eigenvalue weighted by Gasteiger charge is 2.04. The van der Waals surface area contributed by atoms with E-state index in [1.807, 2.05) is 7.05 Å². The number of hydrazine groups is 1. The van der Waals surface area contributed by atoms with Crippen LogP contribution in [0.2, 0.25) is 0 Å². The minimum atomic E-state index is -0.287. The van der Waals surface area contributed by atoms with E-state index in [1.165, 1.54) is 11.1 Å². The smallest absolute Gasteiger partial charge is 0.282 e. The first-order valence-electron chi connectivity index (χ1n) is 3.59. The highest BCUT2D eigenvalue weighted by molar-refractivity contribution is 5.29. The van der Waals surface area contributed by atoms with E-state index >= 15 is 0 Å². The summed E-state index contributed by atoms with van der Waals surface area (Å²) in [7, 11) is 1.82. The molecule has 0 bridgehead atoms. The van der Waals surface area contributed by atoms with Gasteiger partial charge in [-0.2, -0.15) is 5.16 Å². The lowest BCUT2D eigenvalue weighted by atomic mass is 10.5. The highest BCUT2D eigenvalue weighted by atomic mass is 16.5. The van der Waals surface area contributed by atoms with E-state index in [9.17, 15) is 4.79 Å². The Hall–Kier alpha value is -1.27. The predicted octanol–water partition coefficient (Wildman–Crippen LogP) is -1.13. The summed E-state index contributed by atoms with van der Waals surface area (Å²) in [6.45, 7) is 1.31. The Morgan fingerprint density at radius 3 is 3.08 bits per heavy atom. The molecule has 6 nitrogen and oxygen atoms in total. The Morgan fingerprint density at radius 1 is 1.83 bits per heavy atom. The van der Waals surface area contributed by atoms with Crippen molar-refractivity contribution in [1.82, 2.24) is 10.5 Å². The van der Waals surface area contributed by atoms with Crippen molar-refractivity contribution in [2.24, 2.45) is 5.84 Å². The van der Waals surface area contributed by atoms with Crippen molar-refractivity contribution in [3.63, 3.8) is 0 Å². The number of rotatable bonds is 4. The van der Waals surface area contributed by atoms with Gasteiger partial charge in [-0.05, 0) is 7.05 Å². The van der Waals surface area contributed by atoms with Gasteiger partial charge >= 0.3 is 0 Å². The number of likely N-dealkylation sites (N-methyl/N-ethyl adjacent to an activating group) is 1. The van der Waals surface area contributed by atoms with E-state index in [2.05, 4.69) is 10.5 Å². The summed E-state index contributed by atoms with van der Waals surface area (Å²) < 4.78 is 4.76. The Labute approximate surface area is 69.3 Å². The van der Waals surface area contributed by atoms with Crippen LogP contribution in [0.3, 0.4) is 0 Å². The number of hydrogen-bond acceptors (Lipinski definition) is 5. The van der Waals surface area contributed by atoms with Gasteiger partial charge in [0.25, 0.3) is 5.56 Å². The second-order valence-electron chi connectivity index (χ2n) is 2.35. The molecule has 0 fully saturated rings. The van der Waals surface area contributed by atoms with Crippen molar-refractivity contribution in [3.05, 3.63) is 16.4 Å². The zero-order chi connectivity index (χ0) is 8.97. The zero-order valence-corrected chi connectivity index (χ0v) is 6.83. The zero-order valence-electron chi connectivity index (χ0n) is 6.83. The van der Waals surface area contributed by atoms with Crippen LogP contribution in [0.1, 0.15) is 0 Å². The molecule has 4 N–H and O–H groups in total. The SMILES string of the molecule is CNCCN(N)c1cc(=O)[nH]o1. The fourth-order valence-corrected chi connectivity index (χ4v) is 0.758. The summed E-state index contributed by atoms with van der Waals surface area (Å²) in [5.74, 6) is 5.88. The number of nitrogens with two attached hydrogens (primary N) is 1. The molecule has 0 amide bonds. The van der Waals surface area contributed by atoms with Crippen LogP contribution in [0.15, 0.2) is 15.4 Å². The van der Waals surface area contributed by atoms with Crippen molar-refractivity contribution in [2.45, 2.75) is 0 Å². The second kappa shape index (κ2) is 3.93. The third kappa shape index (κ3) is 2.11. The molecule has 1 heterocycles. The first-order chi connectivity index (χ1) is 5.74. The van der Waals surface area contributed by atoms with Gasteiger partial charge in [0.2, 0.25) is 5.88 Å². The van der Waals surface area contributed by atoms with E-state index in [0.29, 0.717) is 12.4 Å². The monoisotopic (exact) mass is 172 g/mol. The van der Waals surface area contributed by atoms with Crippen molar-refractivity contribution >= 4 is 5.88 Å². The van der Waals surface area contributed by atoms with Crippen molar-refractivity contribution in [3.8, 4) is 0 Å². The molecule has 0 unspecified atom stereocenters. The fraction of sp³-hybridized carbons (Fsp3) is 0.500. The summed E-state index contributed by atoms with van der Waals surface area (Å²) in [5.41, 5.74) is -0.287. The lowest BCUT2D eigenvalue weighted by Gasteiger charge is -2.12. The molecular weight excluding hydrogens is 160 g/mol. The van der Waals surface area contributed by atoms with Crippen LogP contribution in [-0.4, -0.2) is 25.3 Å². The molecule has 68 valence electrons. The fourth-order valence-electron chi connectivity index (χ4n) is 0.758. The largest absolute Gasteiger partial charge is 0.359 e. The molecule has 1 aromatic rings. The number of hydrogen-bond donors (Lipinski definition) is 3. The van der Waals surface area contributed by atoms with Crippen LogP contribution in [0.4, 0.5) is 5.88 Å². The molecule has 0 saturated carbocycles. The van der Waals surface area contributed by atoms with Gasteiger partial charge < -0.3 is 9.84 Å². The molecule has 0 aliphatic heterocycles. The topological polar surface area (TPSA) is 87.3 Å². The number of aromatic nitrogens is 1. The predicted molar refractivity (Wildman–Crippen MR) is 44.8 cm³/mol. The van der Waals surface area contributed by atoms with Gasteiger partial charge in [0.1, 0.15) is 0 Å². The van der Waals surface area contributed by atoms with Crippen LogP contribution in [0.5, 0.6) is 0 Å². The Morgan fingerprint density at radius 2 is 2.58 bits per heavy atom. The normalized spacial score (nSPS) is 10.2. The summed E-state index contributed by atoms with van der Waals surface area (Å²) in [6, 6.07) is 1.30. The van der Waals surface area contributed by atoms with Gasteiger partial charge in [-0.3, -0.25) is 9.80 Å². The summed E-state index contributed by atoms with van der Waals surface area (Å²) in [5, 5.41) is 6.43. The highest BCUT2D eigenvalue weighted by Crippen LogP contribution is 2.03.